The Kier molecular flexibility index (Phi) is 4.69. The van der Waals surface area contributed by atoms with Crippen LogP contribution in [0.5, 0.6) is 0 Å². The minimum Gasteiger partial charge on any atom is -0.205 e. The minimum atomic E-state index is -3.44. The molecule has 4 heteroatoms. The van der Waals surface area contributed by atoms with Crippen molar-refractivity contribution in [3.8, 4) is 0 Å². The third-order valence-corrected chi connectivity index (χ3v) is 4.17. The van der Waals surface area contributed by atoms with E-state index >= 15 is 0 Å². The van der Waals surface area contributed by atoms with E-state index < -0.39 is 10.0 Å². The van der Waals surface area contributed by atoms with Gasteiger partial charge < -0.3 is 0 Å². The van der Waals surface area contributed by atoms with Crippen LogP contribution in [0.4, 0.5) is 0 Å². The van der Waals surface area contributed by atoms with Gasteiger partial charge in [-0.2, -0.15) is 4.40 Å². The molecule has 0 atom stereocenters. The molecule has 0 aromatic heterocycles. The van der Waals surface area contributed by atoms with Gasteiger partial charge in [0.2, 0.25) is 0 Å². The van der Waals surface area contributed by atoms with E-state index in [1.165, 1.54) is 0 Å². The summed E-state index contributed by atoms with van der Waals surface area (Å²) in [7, 11) is -3.44. The molecule has 0 radical (unpaired) electrons. The molecule has 0 fully saturated rings. The van der Waals surface area contributed by atoms with Crippen molar-refractivity contribution < 1.29 is 8.42 Å². The molecular formula is C16H17NO2S. The topological polar surface area (TPSA) is 46.5 Å². The van der Waals surface area contributed by atoms with Crippen LogP contribution in [-0.2, 0) is 10.0 Å². The molecule has 0 aliphatic rings. The first-order valence-electron chi connectivity index (χ1n) is 6.56. The fourth-order valence-corrected chi connectivity index (χ4v) is 3.00. The molecule has 0 bridgehead atoms. The van der Waals surface area contributed by atoms with Crippen molar-refractivity contribution >= 4 is 15.7 Å². The van der Waals surface area contributed by atoms with E-state index in [1.807, 2.05) is 67.6 Å². The van der Waals surface area contributed by atoms with Crippen LogP contribution in [0.25, 0.3) is 0 Å². The van der Waals surface area contributed by atoms with E-state index in [9.17, 15) is 8.42 Å². The Bertz CT molecular complexity index is 635. The first kappa shape index (κ1) is 14.5. The van der Waals surface area contributed by atoms with Crippen LogP contribution in [0.2, 0.25) is 0 Å². The summed E-state index contributed by atoms with van der Waals surface area (Å²) in [6.45, 7) is 1.83. The largest absolute Gasteiger partial charge is 0.253 e. The molecule has 0 aliphatic carbocycles. The van der Waals surface area contributed by atoms with Crippen molar-refractivity contribution in [1.82, 2.24) is 0 Å². The molecule has 0 saturated carbocycles. The van der Waals surface area contributed by atoms with E-state index in [1.54, 1.807) is 0 Å². The van der Waals surface area contributed by atoms with Gasteiger partial charge in [-0.25, -0.2) is 8.42 Å². The van der Waals surface area contributed by atoms with Gasteiger partial charge in [0.25, 0.3) is 10.0 Å². The second kappa shape index (κ2) is 6.48. The van der Waals surface area contributed by atoms with Crippen LogP contribution in [0, 0.1) is 0 Å². The van der Waals surface area contributed by atoms with Gasteiger partial charge in [0, 0.05) is 11.1 Å². The fraction of sp³-hybridized carbons (Fsp3) is 0.188. The summed E-state index contributed by atoms with van der Waals surface area (Å²) in [6.07, 6.45) is 0.558. The number of hydrogen-bond donors (Lipinski definition) is 0. The third kappa shape index (κ3) is 3.78. The van der Waals surface area contributed by atoms with Crippen LogP contribution in [0.15, 0.2) is 65.1 Å². The number of sulfonamides is 1. The van der Waals surface area contributed by atoms with Crippen molar-refractivity contribution in [2.45, 2.75) is 13.3 Å². The van der Waals surface area contributed by atoms with E-state index in [0.717, 1.165) is 11.1 Å². The number of hydrogen-bond acceptors (Lipinski definition) is 2. The predicted molar refractivity (Wildman–Crippen MR) is 82.6 cm³/mol. The molecule has 2 aromatic carbocycles. The molecule has 2 aromatic rings. The maximum absolute atomic E-state index is 12.0. The van der Waals surface area contributed by atoms with Crippen molar-refractivity contribution in [2.75, 3.05) is 5.75 Å². The first-order valence-corrected chi connectivity index (χ1v) is 8.17. The van der Waals surface area contributed by atoms with Gasteiger partial charge in [-0.15, -0.1) is 0 Å². The fourth-order valence-electron chi connectivity index (χ4n) is 1.91. The van der Waals surface area contributed by atoms with Crippen molar-refractivity contribution in [3.05, 3.63) is 71.8 Å². The maximum atomic E-state index is 12.0. The van der Waals surface area contributed by atoms with E-state index in [4.69, 9.17) is 0 Å². The molecule has 0 amide bonds. The molecule has 20 heavy (non-hydrogen) atoms. The normalized spacial score (nSPS) is 11.1. The lowest BCUT2D eigenvalue weighted by molar-refractivity contribution is 0.596. The molecule has 0 unspecified atom stereocenters. The van der Waals surface area contributed by atoms with Gasteiger partial charge in [0.15, 0.2) is 0 Å². The monoisotopic (exact) mass is 287 g/mol. The summed E-state index contributed by atoms with van der Waals surface area (Å²) in [5, 5.41) is 0. The van der Waals surface area contributed by atoms with Crippen molar-refractivity contribution in [1.29, 1.82) is 0 Å². The lowest BCUT2D eigenvalue weighted by atomic mass is 10.0. The van der Waals surface area contributed by atoms with Gasteiger partial charge in [-0.3, -0.25) is 0 Å². The quantitative estimate of drug-likeness (QED) is 0.792. The van der Waals surface area contributed by atoms with Gasteiger partial charge in [-0.05, 0) is 6.42 Å². The lowest BCUT2D eigenvalue weighted by Crippen LogP contribution is -2.10. The Labute approximate surface area is 120 Å². The number of nitrogens with zero attached hydrogens (tertiary/aromatic N) is 1. The number of benzene rings is 2. The first-order chi connectivity index (χ1) is 9.62. The highest BCUT2D eigenvalue weighted by Crippen LogP contribution is 2.13. The minimum absolute atomic E-state index is 0.0656. The molecule has 0 spiro atoms. The molecular weight excluding hydrogens is 270 g/mol. The molecule has 3 nitrogen and oxygen atoms in total. The van der Waals surface area contributed by atoms with Gasteiger partial charge in [0.1, 0.15) is 0 Å². The van der Waals surface area contributed by atoms with Gasteiger partial charge >= 0.3 is 0 Å². The second-order valence-electron chi connectivity index (χ2n) is 4.46. The second-order valence-corrected chi connectivity index (χ2v) is 6.21. The molecule has 0 saturated heterocycles. The van der Waals surface area contributed by atoms with Gasteiger partial charge in [-0.1, -0.05) is 67.6 Å². The summed E-state index contributed by atoms with van der Waals surface area (Å²) < 4.78 is 28.0. The highest BCUT2D eigenvalue weighted by molar-refractivity contribution is 7.90. The van der Waals surface area contributed by atoms with Crippen molar-refractivity contribution in [2.24, 2.45) is 4.40 Å². The Morgan fingerprint density at radius 1 is 0.900 bits per heavy atom. The molecule has 0 N–H and O–H groups in total. The van der Waals surface area contributed by atoms with Crippen LogP contribution in [0.3, 0.4) is 0 Å². The molecule has 2 rings (SSSR count). The van der Waals surface area contributed by atoms with Crippen molar-refractivity contribution in [3.63, 3.8) is 0 Å². The molecule has 0 aliphatic heterocycles. The third-order valence-electron chi connectivity index (χ3n) is 2.79. The summed E-state index contributed by atoms with van der Waals surface area (Å²) in [6, 6.07) is 18.8. The van der Waals surface area contributed by atoms with Crippen LogP contribution in [-0.4, -0.2) is 19.9 Å². The summed E-state index contributed by atoms with van der Waals surface area (Å²) in [5.41, 5.74) is 2.11. The predicted octanol–water partition coefficient (Wildman–Crippen LogP) is 3.26. The zero-order chi connectivity index (χ0) is 14.4. The molecule has 104 valence electrons. The summed E-state index contributed by atoms with van der Waals surface area (Å²) in [4.78, 5) is 0. The Hall–Kier alpha value is -1.94. The van der Waals surface area contributed by atoms with E-state index in [-0.39, 0.29) is 5.75 Å². The zero-order valence-corrected chi connectivity index (χ0v) is 12.2. The van der Waals surface area contributed by atoms with Crippen LogP contribution in [0.1, 0.15) is 24.5 Å². The van der Waals surface area contributed by atoms with Crippen LogP contribution < -0.4 is 0 Å². The summed E-state index contributed by atoms with van der Waals surface area (Å²) in [5.74, 6) is 0.0656. The smallest absolute Gasteiger partial charge is 0.205 e. The average molecular weight is 287 g/mol. The highest BCUT2D eigenvalue weighted by Gasteiger charge is 2.12. The Morgan fingerprint density at radius 3 is 1.75 bits per heavy atom. The van der Waals surface area contributed by atoms with Gasteiger partial charge in [0.05, 0.1) is 11.5 Å². The Balaban J connectivity index is 2.54. The van der Waals surface area contributed by atoms with Crippen LogP contribution >= 0.6 is 0 Å². The van der Waals surface area contributed by atoms with E-state index in [2.05, 4.69) is 4.40 Å². The molecule has 0 heterocycles. The highest BCUT2D eigenvalue weighted by atomic mass is 32.2. The Morgan fingerprint density at radius 2 is 1.35 bits per heavy atom. The SMILES string of the molecule is CCCS(=O)(=O)N=C(c1ccccc1)c1ccccc1. The lowest BCUT2D eigenvalue weighted by Gasteiger charge is -2.07. The van der Waals surface area contributed by atoms with E-state index in [0.29, 0.717) is 12.1 Å². The summed E-state index contributed by atoms with van der Waals surface area (Å²) >= 11 is 0. The standard InChI is InChI=1S/C16H17NO2S/c1-2-13-20(18,19)17-16(14-9-5-3-6-10-14)15-11-7-4-8-12-15/h3-12H,2,13H2,1H3. The average Bonchev–Trinajstić information content (AvgIpc) is 2.47. The number of rotatable bonds is 5. The zero-order valence-electron chi connectivity index (χ0n) is 11.4. The maximum Gasteiger partial charge on any atom is 0.253 e.